The summed E-state index contributed by atoms with van der Waals surface area (Å²) < 4.78 is 26.7. The van der Waals surface area contributed by atoms with Crippen molar-refractivity contribution in [1.82, 2.24) is 9.62 Å². The monoisotopic (exact) mass is 346 g/mol. The predicted molar refractivity (Wildman–Crippen MR) is 86.5 cm³/mol. The standard InChI is InChI=1S/C14H23N3O3S2/c1-12(2)10-15-13(18)11-16-5-7-17(8-6-16)22(19,20)14-4-3-9-21-14/h3-4,9,12H,5-8,10-11H2,1-2H3,(H,15,18)/p+1. The van der Waals surface area contributed by atoms with Crippen LogP contribution in [0.25, 0.3) is 0 Å². The molecule has 8 heteroatoms. The molecule has 2 heterocycles. The molecule has 124 valence electrons. The van der Waals surface area contributed by atoms with E-state index in [0.717, 1.165) is 4.90 Å². The Morgan fingerprint density at radius 1 is 1.41 bits per heavy atom. The third-order valence-electron chi connectivity index (χ3n) is 3.64. The van der Waals surface area contributed by atoms with E-state index >= 15 is 0 Å². The van der Waals surface area contributed by atoms with E-state index in [1.54, 1.807) is 17.5 Å². The molecule has 1 amide bonds. The Hall–Kier alpha value is -0.960. The third-order valence-corrected chi connectivity index (χ3v) is 6.91. The lowest BCUT2D eigenvalue weighted by molar-refractivity contribution is -0.895. The van der Waals surface area contributed by atoms with E-state index < -0.39 is 10.0 Å². The summed E-state index contributed by atoms with van der Waals surface area (Å²) in [5.74, 6) is 0.477. The van der Waals surface area contributed by atoms with Gasteiger partial charge in [-0.25, -0.2) is 8.42 Å². The quantitative estimate of drug-likeness (QED) is 0.723. The van der Waals surface area contributed by atoms with Crippen LogP contribution in [0.3, 0.4) is 0 Å². The molecule has 1 aromatic rings. The lowest BCUT2D eigenvalue weighted by Crippen LogP contribution is -3.15. The summed E-state index contributed by atoms with van der Waals surface area (Å²) in [4.78, 5) is 13.0. The number of sulfonamides is 1. The molecule has 2 N–H and O–H groups in total. The molecule has 1 saturated heterocycles. The number of carbonyl (C=O) groups excluding carboxylic acids is 1. The molecule has 0 aromatic carbocycles. The average Bonchev–Trinajstić information content (AvgIpc) is 3.00. The van der Waals surface area contributed by atoms with Gasteiger partial charge in [-0.2, -0.15) is 4.31 Å². The SMILES string of the molecule is CC(C)CNC(=O)C[NH+]1CCN(S(=O)(=O)c2cccs2)CC1. The van der Waals surface area contributed by atoms with Gasteiger partial charge in [-0.3, -0.25) is 4.79 Å². The van der Waals surface area contributed by atoms with Crippen molar-refractivity contribution in [2.24, 2.45) is 5.92 Å². The molecule has 0 radical (unpaired) electrons. The zero-order valence-corrected chi connectivity index (χ0v) is 14.7. The Kier molecular flexibility index (Phi) is 5.96. The number of hydrogen-bond acceptors (Lipinski definition) is 4. The first kappa shape index (κ1) is 17.4. The number of thiophene rings is 1. The number of nitrogens with zero attached hydrogens (tertiary/aromatic N) is 1. The first-order valence-electron chi connectivity index (χ1n) is 7.53. The van der Waals surface area contributed by atoms with Crippen LogP contribution < -0.4 is 10.2 Å². The zero-order chi connectivity index (χ0) is 16.2. The van der Waals surface area contributed by atoms with Crippen molar-refractivity contribution in [2.45, 2.75) is 18.1 Å². The maximum Gasteiger partial charge on any atom is 0.275 e. The van der Waals surface area contributed by atoms with E-state index in [-0.39, 0.29) is 5.91 Å². The summed E-state index contributed by atoms with van der Waals surface area (Å²) in [7, 11) is -3.35. The first-order valence-corrected chi connectivity index (χ1v) is 9.85. The molecule has 0 bridgehead atoms. The molecule has 22 heavy (non-hydrogen) atoms. The van der Waals surface area contributed by atoms with Crippen molar-refractivity contribution < 1.29 is 18.1 Å². The lowest BCUT2D eigenvalue weighted by Gasteiger charge is -2.30. The highest BCUT2D eigenvalue weighted by Crippen LogP contribution is 2.20. The van der Waals surface area contributed by atoms with Crippen LogP contribution in [0, 0.1) is 5.92 Å². The maximum atomic E-state index is 12.4. The Balaban J connectivity index is 1.82. The van der Waals surface area contributed by atoms with Crippen LogP contribution in [0.1, 0.15) is 13.8 Å². The highest BCUT2D eigenvalue weighted by Gasteiger charge is 2.31. The minimum atomic E-state index is -3.35. The van der Waals surface area contributed by atoms with Gasteiger partial charge in [-0.1, -0.05) is 19.9 Å². The number of rotatable bonds is 6. The van der Waals surface area contributed by atoms with Crippen molar-refractivity contribution in [1.29, 1.82) is 0 Å². The van der Waals surface area contributed by atoms with Gasteiger partial charge in [0.15, 0.2) is 6.54 Å². The average molecular weight is 346 g/mol. The second-order valence-corrected chi connectivity index (χ2v) is 9.07. The van der Waals surface area contributed by atoms with Gasteiger partial charge >= 0.3 is 0 Å². The third kappa shape index (κ3) is 4.52. The predicted octanol–water partition coefficient (Wildman–Crippen LogP) is -0.590. The topological polar surface area (TPSA) is 70.9 Å². The van der Waals surface area contributed by atoms with Crippen molar-refractivity contribution >= 4 is 27.3 Å². The van der Waals surface area contributed by atoms with E-state index in [0.29, 0.717) is 49.4 Å². The Morgan fingerprint density at radius 3 is 2.64 bits per heavy atom. The van der Waals surface area contributed by atoms with Gasteiger partial charge in [0.1, 0.15) is 4.21 Å². The summed E-state index contributed by atoms with van der Waals surface area (Å²) in [5.41, 5.74) is 0. The Bertz CT molecular complexity index is 576. The van der Waals surface area contributed by atoms with Crippen LogP contribution >= 0.6 is 11.3 Å². The van der Waals surface area contributed by atoms with Crippen LogP contribution in [-0.4, -0.2) is 57.9 Å². The summed E-state index contributed by atoms with van der Waals surface area (Å²) in [6.07, 6.45) is 0. The summed E-state index contributed by atoms with van der Waals surface area (Å²) in [6, 6.07) is 3.39. The molecule has 0 unspecified atom stereocenters. The highest BCUT2D eigenvalue weighted by molar-refractivity contribution is 7.91. The van der Waals surface area contributed by atoms with Gasteiger partial charge < -0.3 is 10.2 Å². The summed E-state index contributed by atoms with van der Waals surface area (Å²) in [6.45, 7) is 7.48. The number of piperazine rings is 1. The van der Waals surface area contributed by atoms with Crippen LogP contribution in [0.15, 0.2) is 21.7 Å². The molecule has 1 aliphatic rings. The maximum absolute atomic E-state index is 12.4. The molecule has 1 aliphatic heterocycles. The van der Waals surface area contributed by atoms with E-state index in [2.05, 4.69) is 19.2 Å². The number of amides is 1. The van der Waals surface area contributed by atoms with Gasteiger partial charge in [0, 0.05) is 6.54 Å². The molecule has 0 atom stereocenters. The van der Waals surface area contributed by atoms with Crippen molar-refractivity contribution in [3.8, 4) is 0 Å². The van der Waals surface area contributed by atoms with Crippen LogP contribution in [-0.2, 0) is 14.8 Å². The fraction of sp³-hybridized carbons (Fsp3) is 0.643. The van der Waals surface area contributed by atoms with Crippen molar-refractivity contribution in [3.05, 3.63) is 17.5 Å². The molecule has 0 spiro atoms. The number of hydrogen-bond donors (Lipinski definition) is 2. The highest BCUT2D eigenvalue weighted by atomic mass is 32.2. The Morgan fingerprint density at radius 2 is 2.09 bits per heavy atom. The van der Waals surface area contributed by atoms with Crippen molar-refractivity contribution in [3.63, 3.8) is 0 Å². The summed E-state index contributed by atoms with van der Waals surface area (Å²) >= 11 is 1.24. The molecule has 0 saturated carbocycles. The van der Waals surface area contributed by atoms with Gasteiger partial charge in [0.05, 0.1) is 26.2 Å². The number of quaternary nitrogens is 1. The van der Waals surface area contributed by atoms with Crippen LogP contribution in [0.2, 0.25) is 0 Å². The molecule has 1 aromatic heterocycles. The van der Waals surface area contributed by atoms with E-state index in [4.69, 9.17) is 0 Å². The molecule has 2 rings (SSSR count). The molecule has 0 aliphatic carbocycles. The van der Waals surface area contributed by atoms with Crippen LogP contribution in [0.5, 0.6) is 0 Å². The lowest BCUT2D eigenvalue weighted by atomic mass is 10.2. The van der Waals surface area contributed by atoms with E-state index in [1.807, 2.05) is 0 Å². The van der Waals surface area contributed by atoms with Gasteiger partial charge in [-0.15, -0.1) is 11.3 Å². The summed E-state index contributed by atoms with van der Waals surface area (Å²) in [5, 5.41) is 4.67. The smallest absolute Gasteiger partial charge is 0.275 e. The van der Waals surface area contributed by atoms with Crippen LogP contribution in [0.4, 0.5) is 0 Å². The fourth-order valence-electron chi connectivity index (χ4n) is 2.36. The van der Waals surface area contributed by atoms with Gasteiger partial charge in [0.2, 0.25) is 0 Å². The zero-order valence-electron chi connectivity index (χ0n) is 13.0. The molecular weight excluding hydrogens is 322 g/mol. The minimum absolute atomic E-state index is 0.0401. The van der Waals surface area contributed by atoms with E-state index in [1.165, 1.54) is 15.6 Å². The van der Waals surface area contributed by atoms with Gasteiger partial charge in [-0.05, 0) is 17.4 Å². The largest absolute Gasteiger partial charge is 0.351 e. The van der Waals surface area contributed by atoms with Gasteiger partial charge in [0.25, 0.3) is 15.9 Å². The first-order chi connectivity index (χ1) is 10.4. The molecule has 6 nitrogen and oxygen atoms in total. The fourth-order valence-corrected chi connectivity index (χ4v) is 4.95. The normalized spacial score (nSPS) is 17.8. The van der Waals surface area contributed by atoms with E-state index in [9.17, 15) is 13.2 Å². The Labute approximate surface area is 136 Å². The number of carbonyl (C=O) groups is 1. The molecule has 1 fully saturated rings. The number of nitrogens with one attached hydrogen (secondary N) is 2. The molecular formula is C14H24N3O3S2+. The second-order valence-electron chi connectivity index (χ2n) is 5.96. The second kappa shape index (κ2) is 7.54. The minimum Gasteiger partial charge on any atom is -0.351 e. The van der Waals surface area contributed by atoms with Crippen molar-refractivity contribution in [2.75, 3.05) is 39.3 Å².